The molecule has 1 aromatic heterocycles. The molecule has 2 aliphatic heterocycles. The number of hydrogen-bond acceptors (Lipinski definition) is 5. The highest BCUT2D eigenvalue weighted by Gasteiger charge is 2.51. The summed E-state index contributed by atoms with van der Waals surface area (Å²) in [5, 5.41) is 5.90. The molecule has 0 saturated carbocycles. The molecule has 2 aromatic carbocycles. The fraction of sp³-hybridized carbons (Fsp3) is 0.394. The van der Waals surface area contributed by atoms with E-state index in [9.17, 15) is 18.8 Å². The van der Waals surface area contributed by atoms with Crippen LogP contribution in [0.5, 0.6) is 0 Å². The Bertz CT molecular complexity index is 1560. The van der Waals surface area contributed by atoms with E-state index in [4.69, 9.17) is 0 Å². The zero-order valence-electron chi connectivity index (χ0n) is 24.2. The number of fused-ring (bicyclic) bond motifs is 3. The van der Waals surface area contributed by atoms with Crippen LogP contribution in [0.3, 0.4) is 0 Å². The Morgan fingerprint density at radius 2 is 1.81 bits per heavy atom. The van der Waals surface area contributed by atoms with E-state index < -0.39 is 17.0 Å². The number of nitrogens with one attached hydrogen (secondary N) is 2. The lowest BCUT2D eigenvalue weighted by Gasteiger charge is -2.35. The summed E-state index contributed by atoms with van der Waals surface area (Å²) >= 11 is 0. The Morgan fingerprint density at radius 3 is 2.55 bits per heavy atom. The predicted octanol–water partition coefficient (Wildman–Crippen LogP) is 4.24. The molecular weight excluding hydrogens is 533 g/mol. The number of nitrogens with zero attached hydrogens (tertiary/aromatic N) is 3. The highest BCUT2D eigenvalue weighted by Crippen LogP contribution is 2.47. The van der Waals surface area contributed by atoms with Crippen LogP contribution >= 0.6 is 0 Å². The lowest BCUT2D eigenvalue weighted by atomic mass is 9.79. The monoisotopic (exact) mass is 569 g/mol. The number of aromatic nitrogens is 1. The number of alkyl halides is 1. The van der Waals surface area contributed by atoms with Crippen molar-refractivity contribution in [1.82, 2.24) is 14.8 Å². The number of rotatable bonds is 7. The maximum Gasteiger partial charge on any atom is 0.244 e. The molecule has 0 bridgehead atoms. The number of carbonyl (C=O) groups is 3. The molecule has 218 valence electrons. The molecule has 1 spiro atoms. The second kappa shape index (κ2) is 10.6. The number of pyridine rings is 1. The quantitative estimate of drug-likeness (QED) is 0.444. The first-order chi connectivity index (χ1) is 20.0. The first-order valence-corrected chi connectivity index (χ1v) is 14.4. The van der Waals surface area contributed by atoms with Crippen molar-refractivity contribution in [2.45, 2.75) is 58.3 Å². The Labute approximate surface area is 245 Å². The summed E-state index contributed by atoms with van der Waals surface area (Å²) in [7, 11) is 0. The van der Waals surface area contributed by atoms with Gasteiger partial charge in [-0.2, -0.15) is 0 Å². The summed E-state index contributed by atoms with van der Waals surface area (Å²) in [6.07, 6.45) is 2.00. The van der Waals surface area contributed by atoms with Crippen molar-refractivity contribution in [2.24, 2.45) is 5.41 Å². The Morgan fingerprint density at radius 1 is 1.07 bits per heavy atom. The Kier molecular flexibility index (Phi) is 7.09. The minimum Gasteiger partial charge on any atom is -0.329 e. The molecule has 1 fully saturated rings. The van der Waals surface area contributed by atoms with E-state index in [-0.39, 0.29) is 30.8 Å². The molecule has 0 radical (unpaired) electrons. The molecule has 42 heavy (non-hydrogen) atoms. The van der Waals surface area contributed by atoms with Crippen LogP contribution in [0.4, 0.5) is 15.9 Å². The Hall–Kier alpha value is -4.11. The van der Waals surface area contributed by atoms with E-state index in [0.29, 0.717) is 44.0 Å². The van der Waals surface area contributed by atoms with Gasteiger partial charge < -0.3 is 15.5 Å². The van der Waals surface area contributed by atoms with Gasteiger partial charge in [-0.25, -0.2) is 9.37 Å². The van der Waals surface area contributed by atoms with E-state index in [2.05, 4.69) is 15.6 Å². The van der Waals surface area contributed by atoms with E-state index >= 15 is 0 Å². The summed E-state index contributed by atoms with van der Waals surface area (Å²) < 4.78 is 13.4. The van der Waals surface area contributed by atoms with Crippen molar-refractivity contribution in [1.29, 1.82) is 0 Å². The molecule has 6 rings (SSSR count). The molecule has 3 aliphatic rings. The standard InChI is InChI=1S/C33H36FN5O3/c1-32(2,3)31(42)39(17-23-8-5-4-7-22(23)16-38-18-25(34)19-38)20-28(40)36-26-11-10-21-14-33(15-24(21)13-26)27-9-6-12-35-29(27)37-30(33)41/h4-13,25H,14-20H2,1-3H3,(H,36,40)(H,35,37,41). The van der Waals surface area contributed by atoms with Crippen LogP contribution in [0.2, 0.25) is 0 Å². The third-order valence-electron chi connectivity index (χ3n) is 8.51. The van der Waals surface area contributed by atoms with Gasteiger partial charge in [-0.05, 0) is 53.3 Å². The fourth-order valence-electron chi connectivity index (χ4n) is 6.34. The number of halogens is 1. The lowest BCUT2D eigenvalue weighted by molar-refractivity contribution is -0.142. The second-order valence-electron chi connectivity index (χ2n) is 12.8. The number of likely N-dealkylation sites (tertiary alicyclic amines) is 1. The van der Waals surface area contributed by atoms with Crippen molar-refractivity contribution in [3.63, 3.8) is 0 Å². The zero-order chi connectivity index (χ0) is 29.6. The average molecular weight is 570 g/mol. The summed E-state index contributed by atoms with van der Waals surface area (Å²) in [5.74, 6) is 0.142. The highest BCUT2D eigenvalue weighted by atomic mass is 19.1. The topological polar surface area (TPSA) is 94.6 Å². The maximum atomic E-state index is 13.5. The van der Waals surface area contributed by atoms with Crippen LogP contribution in [0.15, 0.2) is 60.8 Å². The van der Waals surface area contributed by atoms with Gasteiger partial charge in [-0.15, -0.1) is 0 Å². The van der Waals surface area contributed by atoms with Crippen molar-refractivity contribution in [2.75, 3.05) is 30.3 Å². The molecule has 1 unspecified atom stereocenters. The summed E-state index contributed by atoms with van der Waals surface area (Å²) in [6.45, 7) is 7.14. The van der Waals surface area contributed by atoms with Crippen LogP contribution in [0.1, 0.15) is 48.6 Å². The van der Waals surface area contributed by atoms with Gasteiger partial charge in [-0.1, -0.05) is 57.2 Å². The van der Waals surface area contributed by atoms with Crippen LogP contribution < -0.4 is 10.6 Å². The molecule has 3 aromatic rings. The number of anilines is 2. The van der Waals surface area contributed by atoms with Gasteiger partial charge in [-0.3, -0.25) is 19.3 Å². The molecule has 8 nitrogen and oxygen atoms in total. The molecule has 1 saturated heterocycles. The smallest absolute Gasteiger partial charge is 0.244 e. The molecule has 9 heteroatoms. The van der Waals surface area contributed by atoms with Crippen LogP contribution in [-0.2, 0) is 45.7 Å². The minimum absolute atomic E-state index is 0.0479. The first kappa shape index (κ1) is 28.0. The lowest BCUT2D eigenvalue weighted by Crippen LogP contribution is -2.47. The number of benzene rings is 2. The van der Waals surface area contributed by atoms with Gasteiger partial charge >= 0.3 is 0 Å². The second-order valence-corrected chi connectivity index (χ2v) is 12.8. The SMILES string of the molecule is CC(C)(C)C(=O)N(CC(=O)Nc1ccc2c(c1)CC1(C2)C(=O)Nc2ncccc21)Cc1ccccc1CN1CC(F)C1. The first-order valence-electron chi connectivity index (χ1n) is 14.4. The largest absolute Gasteiger partial charge is 0.329 e. The molecule has 3 amide bonds. The highest BCUT2D eigenvalue weighted by molar-refractivity contribution is 6.06. The number of carbonyl (C=O) groups excluding carboxylic acids is 3. The van der Waals surface area contributed by atoms with E-state index in [1.165, 1.54) is 0 Å². The molecule has 2 N–H and O–H groups in total. The van der Waals surface area contributed by atoms with Gasteiger partial charge in [0.25, 0.3) is 0 Å². The van der Waals surface area contributed by atoms with Crippen molar-refractivity contribution >= 4 is 29.2 Å². The zero-order valence-corrected chi connectivity index (χ0v) is 24.2. The minimum atomic E-state index is -0.785. The third kappa shape index (κ3) is 5.29. The number of hydrogen-bond donors (Lipinski definition) is 2. The van der Waals surface area contributed by atoms with Crippen LogP contribution in [-0.4, -0.2) is 58.3 Å². The van der Waals surface area contributed by atoms with Gasteiger partial charge in [0.05, 0.1) is 5.41 Å². The molecule has 1 aliphatic carbocycles. The van der Waals surface area contributed by atoms with Gasteiger partial charge in [0.15, 0.2) is 0 Å². The summed E-state index contributed by atoms with van der Waals surface area (Å²) in [4.78, 5) is 47.8. The average Bonchev–Trinajstić information content (AvgIpc) is 3.44. The Balaban J connectivity index is 1.17. The number of amides is 3. The van der Waals surface area contributed by atoms with Gasteiger partial charge in [0.1, 0.15) is 18.5 Å². The van der Waals surface area contributed by atoms with E-state index in [1.54, 1.807) is 11.1 Å². The van der Waals surface area contributed by atoms with Gasteiger partial charge in [0.2, 0.25) is 17.7 Å². The normalized spacial score (nSPS) is 19.7. The van der Waals surface area contributed by atoms with E-state index in [0.717, 1.165) is 27.8 Å². The van der Waals surface area contributed by atoms with Gasteiger partial charge in [0, 0.05) is 49.0 Å². The summed E-state index contributed by atoms with van der Waals surface area (Å²) in [5.41, 5.74) is 4.23. The van der Waals surface area contributed by atoms with Crippen LogP contribution in [0.25, 0.3) is 0 Å². The van der Waals surface area contributed by atoms with Crippen molar-refractivity contribution < 1.29 is 18.8 Å². The summed E-state index contributed by atoms with van der Waals surface area (Å²) in [6, 6.07) is 17.4. The van der Waals surface area contributed by atoms with E-state index in [1.807, 2.05) is 80.3 Å². The third-order valence-corrected chi connectivity index (χ3v) is 8.51. The van der Waals surface area contributed by atoms with Crippen molar-refractivity contribution in [3.8, 4) is 0 Å². The molecule has 1 atom stereocenters. The maximum absolute atomic E-state index is 13.5. The molecular formula is C33H36FN5O3. The van der Waals surface area contributed by atoms with Crippen molar-refractivity contribution in [3.05, 3.63) is 88.6 Å². The molecule has 3 heterocycles. The fourth-order valence-corrected chi connectivity index (χ4v) is 6.34. The van der Waals surface area contributed by atoms with Crippen LogP contribution in [0, 0.1) is 5.41 Å². The predicted molar refractivity (Wildman–Crippen MR) is 159 cm³/mol.